The first-order chi connectivity index (χ1) is 8.18. The van der Waals surface area contributed by atoms with Gasteiger partial charge in [0.15, 0.2) is 0 Å². The van der Waals surface area contributed by atoms with Gasteiger partial charge in [0.25, 0.3) is 0 Å². The van der Waals surface area contributed by atoms with Crippen LogP contribution in [-0.2, 0) is 0 Å². The highest BCUT2D eigenvalue weighted by molar-refractivity contribution is 6.05. The van der Waals surface area contributed by atoms with Crippen molar-refractivity contribution in [2.45, 2.75) is 6.92 Å². The van der Waals surface area contributed by atoms with Crippen molar-refractivity contribution in [3.8, 4) is 5.75 Å². The molecule has 3 rings (SSSR count). The lowest BCUT2D eigenvalue weighted by Crippen LogP contribution is -2.03. The van der Waals surface area contributed by atoms with E-state index in [9.17, 15) is 9.90 Å². The van der Waals surface area contributed by atoms with Crippen LogP contribution in [0.5, 0.6) is 5.75 Å². The van der Waals surface area contributed by atoms with Crippen molar-refractivity contribution in [1.29, 1.82) is 0 Å². The van der Waals surface area contributed by atoms with Crippen LogP contribution in [0.15, 0.2) is 45.6 Å². The van der Waals surface area contributed by atoms with E-state index in [2.05, 4.69) is 0 Å². The van der Waals surface area contributed by atoms with Gasteiger partial charge in [-0.2, -0.15) is 0 Å². The SMILES string of the molecule is Cc1c(O)c2ccc3ccccc3c2oc1=O. The van der Waals surface area contributed by atoms with Crippen LogP contribution in [0.4, 0.5) is 0 Å². The summed E-state index contributed by atoms with van der Waals surface area (Å²) < 4.78 is 5.27. The lowest BCUT2D eigenvalue weighted by molar-refractivity contribution is 0.462. The summed E-state index contributed by atoms with van der Waals surface area (Å²) in [5.74, 6) is 0.00185. The lowest BCUT2D eigenvalue weighted by Gasteiger charge is -2.05. The normalized spacial score (nSPS) is 11.1. The molecule has 1 aromatic heterocycles. The Labute approximate surface area is 96.9 Å². The Morgan fingerprint density at radius 3 is 2.65 bits per heavy atom. The van der Waals surface area contributed by atoms with Gasteiger partial charge in [0.05, 0.1) is 10.9 Å². The Morgan fingerprint density at radius 1 is 1.06 bits per heavy atom. The molecule has 0 amide bonds. The second kappa shape index (κ2) is 3.35. The largest absolute Gasteiger partial charge is 0.507 e. The molecular formula is C14H10O3. The van der Waals surface area contributed by atoms with Gasteiger partial charge in [-0.15, -0.1) is 0 Å². The first-order valence-electron chi connectivity index (χ1n) is 5.32. The van der Waals surface area contributed by atoms with Gasteiger partial charge >= 0.3 is 5.63 Å². The predicted octanol–water partition coefficient (Wildman–Crippen LogP) is 2.96. The molecule has 0 saturated carbocycles. The molecule has 0 aliphatic carbocycles. The van der Waals surface area contributed by atoms with Crippen molar-refractivity contribution in [3.63, 3.8) is 0 Å². The first-order valence-corrected chi connectivity index (χ1v) is 5.32. The third-order valence-electron chi connectivity index (χ3n) is 2.99. The molecule has 3 aromatic rings. The van der Waals surface area contributed by atoms with Crippen molar-refractivity contribution in [3.05, 3.63) is 52.4 Å². The van der Waals surface area contributed by atoms with Crippen LogP contribution in [-0.4, -0.2) is 5.11 Å². The van der Waals surface area contributed by atoms with Crippen LogP contribution in [0.3, 0.4) is 0 Å². The molecule has 0 atom stereocenters. The molecule has 0 unspecified atom stereocenters. The molecule has 0 aliphatic heterocycles. The van der Waals surface area contributed by atoms with E-state index in [1.165, 1.54) is 0 Å². The second-order valence-corrected chi connectivity index (χ2v) is 4.03. The fourth-order valence-corrected chi connectivity index (χ4v) is 2.01. The maximum absolute atomic E-state index is 11.6. The third kappa shape index (κ3) is 1.32. The molecule has 1 heterocycles. The molecular weight excluding hydrogens is 216 g/mol. The zero-order chi connectivity index (χ0) is 12.0. The monoisotopic (exact) mass is 226 g/mol. The topological polar surface area (TPSA) is 50.4 Å². The number of hydrogen-bond donors (Lipinski definition) is 1. The highest BCUT2D eigenvalue weighted by Crippen LogP contribution is 2.31. The quantitative estimate of drug-likeness (QED) is 0.473. The van der Waals surface area contributed by atoms with Gasteiger partial charge in [-0.05, 0) is 18.4 Å². The fourth-order valence-electron chi connectivity index (χ4n) is 2.01. The predicted molar refractivity (Wildman–Crippen MR) is 66.4 cm³/mol. The second-order valence-electron chi connectivity index (χ2n) is 4.03. The molecule has 0 saturated heterocycles. The van der Waals surface area contributed by atoms with Gasteiger partial charge in [0, 0.05) is 5.39 Å². The summed E-state index contributed by atoms with van der Waals surface area (Å²) >= 11 is 0. The smallest absolute Gasteiger partial charge is 0.342 e. The van der Waals surface area contributed by atoms with E-state index in [-0.39, 0.29) is 11.3 Å². The molecule has 2 aromatic carbocycles. The molecule has 3 heteroatoms. The molecule has 0 bridgehead atoms. The fraction of sp³-hybridized carbons (Fsp3) is 0.0714. The van der Waals surface area contributed by atoms with E-state index in [0.29, 0.717) is 11.0 Å². The summed E-state index contributed by atoms with van der Waals surface area (Å²) in [5, 5.41) is 12.3. The Balaban J connectivity index is 2.64. The maximum atomic E-state index is 11.6. The Hall–Kier alpha value is -2.29. The highest BCUT2D eigenvalue weighted by Gasteiger charge is 2.11. The van der Waals surface area contributed by atoms with Crippen molar-refractivity contribution >= 4 is 21.7 Å². The minimum Gasteiger partial charge on any atom is -0.507 e. The molecule has 1 N–H and O–H groups in total. The van der Waals surface area contributed by atoms with Crippen molar-refractivity contribution in [2.24, 2.45) is 0 Å². The van der Waals surface area contributed by atoms with Crippen molar-refractivity contribution in [1.82, 2.24) is 0 Å². The van der Waals surface area contributed by atoms with Gasteiger partial charge in [0.2, 0.25) is 0 Å². The molecule has 17 heavy (non-hydrogen) atoms. The number of rotatable bonds is 0. The van der Waals surface area contributed by atoms with Crippen LogP contribution in [0.1, 0.15) is 5.56 Å². The van der Waals surface area contributed by atoms with Gasteiger partial charge in [-0.25, -0.2) is 4.79 Å². The Morgan fingerprint density at radius 2 is 1.82 bits per heavy atom. The summed E-state index contributed by atoms with van der Waals surface area (Å²) in [5.41, 5.74) is 0.190. The zero-order valence-corrected chi connectivity index (χ0v) is 9.23. The molecule has 0 aliphatic rings. The van der Waals surface area contributed by atoms with E-state index in [0.717, 1.165) is 10.8 Å². The van der Waals surface area contributed by atoms with Crippen LogP contribution in [0, 0.1) is 6.92 Å². The Bertz CT molecular complexity index is 784. The summed E-state index contributed by atoms with van der Waals surface area (Å²) in [7, 11) is 0. The van der Waals surface area contributed by atoms with E-state index in [1.807, 2.05) is 30.3 Å². The van der Waals surface area contributed by atoms with E-state index >= 15 is 0 Å². The summed E-state index contributed by atoms with van der Waals surface area (Å²) in [6, 6.07) is 11.3. The average molecular weight is 226 g/mol. The molecule has 0 spiro atoms. The van der Waals surface area contributed by atoms with Crippen LogP contribution in [0.25, 0.3) is 21.7 Å². The average Bonchev–Trinajstić information content (AvgIpc) is 2.36. The maximum Gasteiger partial charge on any atom is 0.342 e. The standard InChI is InChI=1S/C14H10O3/c1-8-12(15)11-7-6-9-4-2-3-5-10(9)13(11)17-14(8)16/h2-7,15H,1H3. The van der Waals surface area contributed by atoms with Crippen molar-refractivity contribution < 1.29 is 9.52 Å². The number of aromatic hydroxyl groups is 1. The van der Waals surface area contributed by atoms with E-state index < -0.39 is 5.63 Å². The number of hydrogen-bond acceptors (Lipinski definition) is 3. The van der Waals surface area contributed by atoms with Crippen molar-refractivity contribution in [2.75, 3.05) is 0 Å². The van der Waals surface area contributed by atoms with Gasteiger partial charge in [-0.1, -0.05) is 30.3 Å². The number of benzene rings is 2. The summed E-state index contributed by atoms with van der Waals surface area (Å²) in [4.78, 5) is 11.6. The van der Waals surface area contributed by atoms with Gasteiger partial charge in [-0.3, -0.25) is 0 Å². The lowest BCUT2D eigenvalue weighted by atomic mass is 10.1. The third-order valence-corrected chi connectivity index (χ3v) is 2.99. The number of fused-ring (bicyclic) bond motifs is 3. The summed E-state index contributed by atoms with van der Waals surface area (Å²) in [6.45, 7) is 1.55. The zero-order valence-electron chi connectivity index (χ0n) is 9.23. The van der Waals surface area contributed by atoms with Crippen LogP contribution < -0.4 is 5.63 Å². The minimum atomic E-state index is -0.494. The van der Waals surface area contributed by atoms with Crippen LogP contribution in [0.2, 0.25) is 0 Å². The van der Waals surface area contributed by atoms with Gasteiger partial charge < -0.3 is 9.52 Å². The van der Waals surface area contributed by atoms with E-state index in [1.54, 1.807) is 13.0 Å². The van der Waals surface area contributed by atoms with Gasteiger partial charge in [0.1, 0.15) is 11.3 Å². The molecule has 3 nitrogen and oxygen atoms in total. The minimum absolute atomic E-state index is 0.00185. The Kier molecular flexibility index (Phi) is 1.95. The molecule has 0 fully saturated rings. The summed E-state index contributed by atoms with van der Waals surface area (Å²) in [6.07, 6.45) is 0. The molecule has 0 radical (unpaired) electrons. The first kappa shape index (κ1) is 9.90. The van der Waals surface area contributed by atoms with Crippen LogP contribution >= 0.6 is 0 Å². The highest BCUT2D eigenvalue weighted by atomic mass is 16.4. The molecule has 84 valence electrons. The van der Waals surface area contributed by atoms with E-state index in [4.69, 9.17) is 4.42 Å².